The maximum Gasteiger partial charge on any atom is 0.251 e. The standard InChI is InChI=1S/C21H30ClN5O3/c1-23-21(24-10-2-5-19(28)25-17-8-6-16(22)7-9-17)27-13-11-26(12-14-27)20(29)18-4-3-15-30-18/h6-9,18H,2-5,10-15H2,1H3,(H,23,24)(H,25,28). The number of hydrogen-bond donors (Lipinski definition) is 2. The fourth-order valence-electron chi connectivity index (χ4n) is 3.65. The molecule has 9 heteroatoms. The van der Waals surface area contributed by atoms with Crippen LogP contribution in [0.1, 0.15) is 25.7 Å². The van der Waals surface area contributed by atoms with Crippen LogP contribution in [0.2, 0.25) is 5.02 Å². The summed E-state index contributed by atoms with van der Waals surface area (Å²) < 4.78 is 5.51. The van der Waals surface area contributed by atoms with Crippen LogP contribution in [-0.4, -0.2) is 80.1 Å². The van der Waals surface area contributed by atoms with Crippen LogP contribution >= 0.6 is 11.6 Å². The van der Waals surface area contributed by atoms with E-state index in [4.69, 9.17) is 16.3 Å². The molecular formula is C21H30ClN5O3. The van der Waals surface area contributed by atoms with Crippen molar-refractivity contribution in [3.63, 3.8) is 0 Å². The van der Waals surface area contributed by atoms with Gasteiger partial charge in [-0.2, -0.15) is 0 Å². The van der Waals surface area contributed by atoms with Gasteiger partial charge in [0, 0.05) is 63.5 Å². The summed E-state index contributed by atoms with van der Waals surface area (Å²) in [5.74, 6) is 0.884. The predicted molar refractivity (Wildman–Crippen MR) is 118 cm³/mol. The average molecular weight is 436 g/mol. The maximum absolute atomic E-state index is 12.5. The van der Waals surface area contributed by atoms with Gasteiger partial charge in [-0.15, -0.1) is 0 Å². The van der Waals surface area contributed by atoms with Crippen molar-refractivity contribution in [2.24, 2.45) is 4.99 Å². The van der Waals surface area contributed by atoms with E-state index in [1.165, 1.54) is 0 Å². The zero-order chi connectivity index (χ0) is 21.3. The van der Waals surface area contributed by atoms with Gasteiger partial charge in [0.05, 0.1) is 0 Å². The number of halogens is 1. The molecule has 2 fully saturated rings. The van der Waals surface area contributed by atoms with E-state index >= 15 is 0 Å². The van der Waals surface area contributed by atoms with Gasteiger partial charge >= 0.3 is 0 Å². The fraction of sp³-hybridized carbons (Fsp3) is 0.571. The van der Waals surface area contributed by atoms with Crippen molar-refractivity contribution in [2.75, 3.05) is 51.7 Å². The zero-order valence-electron chi connectivity index (χ0n) is 17.4. The lowest BCUT2D eigenvalue weighted by Crippen LogP contribution is -2.55. The van der Waals surface area contributed by atoms with E-state index in [9.17, 15) is 9.59 Å². The number of benzene rings is 1. The Kier molecular flexibility index (Phi) is 8.33. The monoisotopic (exact) mass is 435 g/mol. The number of nitrogens with zero attached hydrogens (tertiary/aromatic N) is 3. The third-order valence-corrected chi connectivity index (χ3v) is 5.55. The van der Waals surface area contributed by atoms with Crippen LogP contribution in [-0.2, 0) is 14.3 Å². The lowest BCUT2D eigenvalue weighted by molar-refractivity contribution is -0.142. The first-order valence-electron chi connectivity index (χ1n) is 10.5. The van der Waals surface area contributed by atoms with Crippen molar-refractivity contribution in [1.82, 2.24) is 15.1 Å². The Hall–Kier alpha value is -2.32. The molecule has 2 N–H and O–H groups in total. The number of aliphatic imine (C=N–C) groups is 1. The molecule has 1 aromatic carbocycles. The second-order valence-corrected chi connectivity index (χ2v) is 7.88. The Morgan fingerprint density at radius 3 is 2.50 bits per heavy atom. The Balaban J connectivity index is 1.34. The van der Waals surface area contributed by atoms with Crippen LogP contribution in [0.4, 0.5) is 5.69 Å². The molecule has 164 valence electrons. The molecule has 0 bridgehead atoms. The quantitative estimate of drug-likeness (QED) is 0.405. The molecule has 1 aromatic rings. The van der Waals surface area contributed by atoms with Crippen molar-refractivity contribution < 1.29 is 14.3 Å². The van der Waals surface area contributed by atoms with Crippen LogP contribution < -0.4 is 10.6 Å². The molecule has 8 nitrogen and oxygen atoms in total. The van der Waals surface area contributed by atoms with E-state index in [0.717, 1.165) is 37.6 Å². The van der Waals surface area contributed by atoms with Gasteiger partial charge in [0.15, 0.2) is 5.96 Å². The van der Waals surface area contributed by atoms with Gasteiger partial charge in [0.25, 0.3) is 5.91 Å². The molecule has 0 spiro atoms. The van der Waals surface area contributed by atoms with E-state index in [1.807, 2.05) is 4.90 Å². The van der Waals surface area contributed by atoms with Gasteiger partial charge in [-0.05, 0) is 43.5 Å². The van der Waals surface area contributed by atoms with E-state index in [2.05, 4.69) is 20.5 Å². The largest absolute Gasteiger partial charge is 0.368 e. The highest BCUT2D eigenvalue weighted by Gasteiger charge is 2.30. The van der Waals surface area contributed by atoms with Crippen molar-refractivity contribution in [3.05, 3.63) is 29.3 Å². The van der Waals surface area contributed by atoms with E-state index < -0.39 is 0 Å². The van der Waals surface area contributed by atoms with Crippen LogP contribution in [0, 0.1) is 0 Å². The predicted octanol–water partition coefficient (Wildman–Crippen LogP) is 1.96. The highest BCUT2D eigenvalue weighted by Crippen LogP contribution is 2.16. The lowest BCUT2D eigenvalue weighted by atomic mass is 10.2. The first kappa shape index (κ1) is 22.4. The summed E-state index contributed by atoms with van der Waals surface area (Å²) in [6, 6.07) is 7.06. The van der Waals surface area contributed by atoms with Crippen molar-refractivity contribution in [2.45, 2.75) is 31.8 Å². The molecular weight excluding hydrogens is 406 g/mol. The van der Waals surface area contributed by atoms with Gasteiger partial charge in [-0.1, -0.05) is 11.6 Å². The summed E-state index contributed by atoms with van der Waals surface area (Å²) in [7, 11) is 1.75. The number of anilines is 1. The number of carbonyl (C=O) groups is 2. The summed E-state index contributed by atoms with van der Waals surface area (Å²) in [6.07, 6.45) is 2.64. The SMILES string of the molecule is CN=C(NCCCC(=O)Nc1ccc(Cl)cc1)N1CCN(C(=O)C2CCCO2)CC1. The summed E-state index contributed by atoms with van der Waals surface area (Å²) in [6.45, 7) is 4.14. The number of guanidine groups is 1. The molecule has 0 radical (unpaired) electrons. The van der Waals surface area contributed by atoms with Crippen LogP contribution in [0.25, 0.3) is 0 Å². The van der Waals surface area contributed by atoms with Crippen molar-refractivity contribution in [3.8, 4) is 0 Å². The summed E-state index contributed by atoms with van der Waals surface area (Å²) in [5.41, 5.74) is 0.739. The van der Waals surface area contributed by atoms with Crippen LogP contribution in [0.15, 0.2) is 29.3 Å². The fourth-order valence-corrected chi connectivity index (χ4v) is 3.78. The molecule has 2 aliphatic rings. The van der Waals surface area contributed by atoms with E-state index in [-0.39, 0.29) is 17.9 Å². The topological polar surface area (TPSA) is 86.3 Å². The maximum atomic E-state index is 12.5. The highest BCUT2D eigenvalue weighted by molar-refractivity contribution is 6.30. The minimum absolute atomic E-state index is 0.0321. The van der Waals surface area contributed by atoms with Gasteiger partial charge in [0.1, 0.15) is 6.10 Å². The molecule has 2 heterocycles. The average Bonchev–Trinajstić information content (AvgIpc) is 3.30. The van der Waals surface area contributed by atoms with E-state index in [0.29, 0.717) is 44.1 Å². The van der Waals surface area contributed by atoms with Gasteiger partial charge in [-0.3, -0.25) is 14.6 Å². The van der Waals surface area contributed by atoms with Gasteiger partial charge in [0.2, 0.25) is 5.91 Å². The molecule has 0 saturated carbocycles. The number of hydrogen-bond acceptors (Lipinski definition) is 4. The molecule has 2 aliphatic heterocycles. The second kappa shape index (κ2) is 11.2. The zero-order valence-corrected chi connectivity index (χ0v) is 18.2. The summed E-state index contributed by atoms with van der Waals surface area (Å²) >= 11 is 5.85. The van der Waals surface area contributed by atoms with Crippen molar-refractivity contribution in [1.29, 1.82) is 0 Å². The third-order valence-electron chi connectivity index (χ3n) is 5.30. The van der Waals surface area contributed by atoms with E-state index in [1.54, 1.807) is 31.3 Å². The number of amides is 2. The normalized spacial score (nSPS) is 19.7. The van der Waals surface area contributed by atoms with Gasteiger partial charge < -0.3 is 25.2 Å². The van der Waals surface area contributed by atoms with Crippen LogP contribution in [0.5, 0.6) is 0 Å². The Morgan fingerprint density at radius 2 is 1.87 bits per heavy atom. The molecule has 1 unspecified atom stereocenters. The third kappa shape index (κ3) is 6.34. The Labute approximate surface area is 182 Å². The molecule has 0 aliphatic carbocycles. The van der Waals surface area contributed by atoms with Crippen LogP contribution in [0.3, 0.4) is 0 Å². The highest BCUT2D eigenvalue weighted by atomic mass is 35.5. The number of nitrogens with one attached hydrogen (secondary N) is 2. The summed E-state index contributed by atoms with van der Waals surface area (Å²) in [4.78, 5) is 32.9. The molecule has 2 amide bonds. The molecule has 2 saturated heterocycles. The number of rotatable bonds is 6. The minimum atomic E-state index is -0.256. The first-order valence-corrected chi connectivity index (χ1v) is 10.9. The molecule has 0 aromatic heterocycles. The number of carbonyl (C=O) groups excluding carboxylic acids is 2. The smallest absolute Gasteiger partial charge is 0.251 e. The van der Waals surface area contributed by atoms with Crippen molar-refractivity contribution >= 4 is 35.1 Å². The lowest BCUT2D eigenvalue weighted by Gasteiger charge is -2.37. The first-order chi connectivity index (χ1) is 14.6. The Bertz CT molecular complexity index is 742. The molecule has 1 atom stereocenters. The molecule has 30 heavy (non-hydrogen) atoms. The number of ether oxygens (including phenoxy) is 1. The second-order valence-electron chi connectivity index (χ2n) is 7.45. The number of piperazine rings is 1. The summed E-state index contributed by atoms with van der Waals surface area (Å²) in [5, 5.41) is 6.81. The van der Waals surface area contributed by atoms with Gasteiger partial charge in [-0.25, -0.2) is 0 Å². The Morgan fingerprint density at radius 1 is 1.17 bits per heavy atom. The minimum Gasteiger partial charge on any atom is -0.368 e. The molecule has 3 rings (SSSR count).